The number of Topliss-reactive ketones (excluding diaryl/α,β-unsaturated/α-hetero) is 1. The van der Waals surface area contributed by atoms with Gasteiger partial charge in [-0.25, -0.2) is 0 Å². The molecule has 0 saturated carbocycles. The van der Waals surface area contributed by atoms with Crippen LogP contribution in [0.25, 0.3) is 5.57 Å². The fourth-order valence-corrected chi connectivity index (χ4v) is 2.33. The maximum Gasteiger partial charge on any atom is 0.177 e. The zero-order valence-corrected chi connectivity index (χ0v) is 10.5. The summed E-state index contributed by atoms with van der Waals surface area (Å²) in [5.74, 6) is -0.182. The predicted octanol–water partition coefficient (Wildman–Crippen LogP) is 2.93. The molecule has 0 radical (unpaired) electrons. The second-order valence-corrected chi connectivity index (χ2v) is 4.84. The number of carbonyl (C=O) groups excluding carboxylic acids is 1. The summed E-state index contributed by atoms with van der Waals surface area (Å²) in [6.45, 7) is 2.00. The van der Waals surface area contributed by atoms with Gasteiger partial charge in [0.2, 0.25) is 0 Å². The van der Waals surface area contributed by atoms with Crippen LogP contribution < -0.4 is 0 Å². The lowest BCUT2D eigenvalue weighted by Gasteiger charge is -2.28. The first kappa shape index (κ1) is 11.8. The number of aliphatic hydroxyl groups is 1. The molecule has 0 saturated heterocycles. The number of aryl methyl sites for hydroxylation is 1. The van der Waals surface area contributed by atoms with E-state index in [0.717, 1.165) is 11.1 Å². The van der Waals surface area contributed by atoms with Gasteiger partial charge < -0.3 is 9.84 Å². The van der Waals surface area contributed by atoms with Crippen molar-refractivity contribution in [1.82, 2.24) is 0 Å². The molecule has 19 heavy (non-hydrogen) atoms. The number of aliphatic hydroxyl groups excluding tert-OH is 1. The van der Waals surface area contributed by atoms with E-state index in [9.17, 15) is 9.90 Å². The van der Waals surface area contributed by atoms with Crippen LogP contribution in [-0.2, 0) is 9.53 Å². The van der Waals surface area contributed by atoms with Crippen molar-refractivity contribution in [3.63, 3.8) is 0 Å². The van der Waals surface area contributed by atoms with Gasteiger partial charge >= 0.3 is 0 Å². The van der Waals surface area contributed by atoms with Crippen LogP contribution in [-0.4, -0.2) is 17.0 Å². The third kappa shape index (κ3) is 2.08. The molecular formula is C16H14O3. The van der Waals surface area contributed by atoms with Gasteiger partial charge in [-0.3, -0.25) is 4.79 Å². The number of carbonyl (C=O) groups is 1. The number of fused-ring (bicyclic) bond motifs is 1. The highest BCUT2D eigenvalue weighted by atomic mass is 16.5. The van der Waals surface area contributed by atoms with Gasteiger partial charge in [-0.1, -0.05) is 35.9 Å². The van der Waals surface area contributed by atoms with E-state index in [4.69, 9.17) is 4.74 Å². The normalized spacial score (nSPS) is 25.2. The van der Waals surface area contributed by atoms with Gasteiger partial charge in [0.15, 0.2) is 5.78 Å². The molecule has 1 aromatic carbocycles. The van der Waals surface area contributed by atoms with Gasteiger partial charge in [-0.15, -0.1) is 0 Å². The van der Waals surface area contributed by atoms with E-state index in [-0.39, 0.29) is 17.5 Å². The van der Waals surface area contributed by atoms with Crippen LogP contribution in [0.5, 0.6) is 0 Å². The standard InChI is InChI=1S/C16H14O3/c1-10-2-4-11(5-3-10)14-9-19-15-8-12(17)6-7-13(15)16(14)18/h2-9,13,15,17H,1H3. The number of benzene rings is 1. The van der Waals surface area contributed by atoms with Crippen LogP contribution >= 0.6 is 0 Å². The van der Waals surface area contributed by atoms with Gasteiger partial charge in [0.25, 0.3) is 0 Å². The van der Waals surface area contributed by atoms with Crippen LogP contribution in [0, 0.1) is 12.8 Å². The monoisotopic (exact) mass is 254 g/mol. The Balaban J connectivity index is 1.95. The average Bonchev–Trinajstić information content (AvgIpc) is 2.40. The average molecular weight is 254 g/mol. The van der Waals surface area contributed by atoms with Crippen LogP contribution in [0.2, 0.25) is 0 Å². The fraction of sp³-hybridized carbons (Fsp3) is 0.188. The van der Waals surface area contributed by atoms with Gasteiger partial charge in [0.1, 0.15) is 11.9 Å². The van der Waals surface area contributed by atoms with E-state index in [1.54, 1.807) is 18.2 Å². The molecule has 3 nitrogen and oxygen atoms in total. The summed E-state index contributed by atoms with van der Waals surface area (Å²) < 4.78 is 5.55. The van der Waals surface area contributed by atoms with E-state index < -0.39 is 6.10 Å². The number of ether oxygens (including phenoxy) is 1. The van der Waals surface area contributed by atoms with Crippen molar-refractivity contribution in [3.05, 3.63) is 65.6 Å². The molecule has 1 aromatic rings. The first-order chi connectivity index (χ1) is 9.15. The van der Waals surface area contributed by atoms with Crippen molar-refractivity contribution in [1.29, 1.82) is 0 Å². The first-order valence-corrected chi connectivity index (χ1v) is 6.21. The Morgan fingerprint density at radius 1 is 1.21 bits per heavy atom. The Bertz CT molecular complexity index is 605. The van der Waals surface area contributed by atoms with E-state index in [1.165, 1.54) is 6.26 Å². The van der Waals surface area contributed by atoms with Crippen LogP contribution in [0.15, 0.2) is 54.5 Å². The molecule has 0 amide bonds. The van der Waals surface area contributed by atoms with E-state index >= 15 is 0 Å². The van der Waals surface area contributed by atoms with Gasteiger partial charge in [-0.05, 0) is 24.6 Å². The van der Waals surface area contributed by atoms with Crippen LogP contribution in [0.4, 0.5) is 0 Å². The molecule has 2 aliphatic rings. The summed E-state index contributed by atoms with van der Waals surface area (Å²) in [6, 6.07) is 7.78. The van der Waals surface area contributed by atoms with Gasteiger partial charge in [0.05, 0.1) is 17.8 Å². The number of hydrogen-bond donors (Lipinski definition) is 1. The summed E-state index contributed by atoms with van der Waals surface area (Å²) in [4.78, 5) is 12.4. The Morgan fingerprint density at radius 3 is 2.68 bits per heavy atom. The highest BCUT2D eigenvalue weighted by molar-refractivity contribution is 6.22. The van der Waals surface area contributed by atoms with Crippen molar-refractivity contribution in [2.45, 2.75) is 13.0 Å². The molecule has 0 bridgehead atoms. The second kappa shape index (κ2) is 4.43. The van der Waals surface area contributed by atoms with Crippen molar-refractivity contribution in [2.75, 3.05) is 0 Å². The highest BCUT2D eigenvalue weighted by Gasteiger charge is 2.34. The number of rotatable bonds is 1. The zero-order valence-electron chi connectivity index (χ0n) is 10.5. The molecule has 0 aromatic heterocycles. The topological polar surface area (TPSA) is 46.5 Å². The third-order valence-corrected chi connectivity index (χ3v) is 3.44. The Morgan fingerprint density at radius 2 is 1.95 bits per heavy atom. The summed E-state index contributed by atoms with van der Waals surface area (Å²) in [6.07, 6.45) is 5.90. The minimum Gasteiger partial charge on any atom is -0.508 e. The molecule has 96 valence electrons. The summed E-state index contributed by atoms with van der Waals surface area (Å²) >= 11 is 0. The molecule has 2 atom stereocenters. The fourth-order valence-electron chi connectivity index (χ4n) is 2.33. The molecule has 1 aliphatic heterocycles. The molecule has 0 spiro atoms. The maximum atomic E-state index is 12.4. The molecule has 3 heteroatoms. The summed E-state index contributed by atoms with van der Waals surface area (Å²) in [5.41, 5.74) is 2.60. The Labute approximate surface area is 111 Å². The largest absolute Gasteiger partial charge is 0.508 e. The predicted molar refractivity (Wildman–Crippen MR) is 72.4 cm³/mol. The van der Waals surface area contributed by atoms with E-state index in [1.807, 2.05) is 31.2 Å². The van der Waals surface area contributed by atoms with Crippen molar-refractivity contribution in [2.24, 2.45) is 5.92 Å². The zero-order chi connectivity index (χ0) is 13.4. The van der Waals surface area contributed by atoms with Gasteiger partial charge in [-0.2, -0.15) is 0 Å². The molecule has 3 rings (SSSR count). The molecule has 2 unspecified atom stereocenters. The third-order valence-electron chi connectivity index (χ3n) is 3.44. The summed E-state index contributed by atoms with van der Waals surface area (Å²) in [7, 11) is 0. The second-order valence-electron chi connectivity index (χ2n) is 4.84. The lowest BCUT2D eigenvalue weighted by molar-refractivity contribution is -0.119. The summed E-state index contributed by atoms with van der Waals surface area (Å²) in [5, 5.41) is 9.41. The molecular weight excluding hydrogens is 240 g/mol. The number of hydrogen-bond acceptors (Lipinski definition) is 3. The van der Waals surface area contributed by atoms with Gasteiger partial charge in [0, 0.05) is 0 Å². The van der Waals surface area contributed by atoms with Crippen molar-refractivity contribution >= 4 is 11.4 Å². The minimum absolute atomic E-state index is 0.0279. The highest BCUT2D eigenvalue weighted by Crippen LogP contribution is 2.31. The van der Waals surface area contributed by atoms with Crippen LogP contribution in [0.1, 0.15) is 11.1 Å². The number of ketones is 1. The van der Waals surface area contributed by atoms with Crippen LogP contribution in [0.3, 0.4) is 0 Å². The molecule has 0 fully saturated rings. The Hall–Kier alpha value is -2.29. The molecule has 1 heterocycles. The van der Waals surface area contributed by atoms with Crippen molar-refractivity contribution < 1.29 is 14.6 Å². The van der Waals surface area contributed by atoms with E-state index in [0.29, 0.717) is 5.57 Å². The smallest absolute Gasteiger partial charge is 0.177 e. The Kier molecular flexibility index (Phi) is 2.75. The lowest BCUT2D eigenvalue weighted by atomic mass is 9.85. The minimum atomic E-state index is -0.397. The van der Waals surface area contributed by atoms with E-state index in [2.05, 4.69) is 0 Å². The molecule has 1 aliphatic carbocycles. The first-order valence-electron chi connectivity index (χ1n) is 6.21. The maximum absolute atomic E-state index is 12.4. The van der Waals surface area contributed by atoms with Crippen molar-refractivity contribution in [3.8, 4) is 0 Å². The molecule has 1 N–H and O–H groups in total. The lowest BCUT2D eigenvalue weighted by Crippen LogP contribution is -2.33. The quantitative estimate of drug-likeness (QED) is 0.838. The SMILES string of the molecule is Cc1ccc(C2=COC3C=C(O)C=CC3C2=O)cc1. The number of allylic oxidation sites excluding steroid dienone is 2.